The highest BCUT2D eigenvalue weighted by molar-refractivity contribution is 9.10. The van der Waals surface area contributed by atoms with Crippen molar-refractivity contribution in [2.24, 2.45) is 0 Å². The summed E-state index contributed by atoms with van der Waals surface area (Å²) in [6.45, 7) is 2.57. The van der Waals surface area contributed by atoms with Gasteiger partial charge in [0.25, 0.3) is 5.91 Å². The van der Waals surface area contributed by atoms with Crippen molar-refractivity contribution in [3.05, 3.63) is 63.9 Å². The Morgan fingerprint density at radius 3 is 2.76 bits per heavy atom. The molecule has 1 aromatic carbocycles. The van der Waals surface area contributed by atoms with E-state index in [1.165, 1.54) is 0 Å². The van der Waals surface area contributed by atoms with E-state index in [9.17, 15) is 4.79 Å². The van der Waals surface area contributed by atoms with E-state index in [1.807, 2.05) is 36.1 Å². The minimum Gasteiger partial charge on any atom is -0.331 e. The maximum Gasteiger partial charge on any atom is 0.255 e. The third kappa shape index (κ3) is 3.50. The molecule has 0 bridgehead atoms. The standard InChI is InChI=1S/C17H17BrN2O/c1-12-5-6-14(10-19-12)17(21)20(16-7-8-16)11-13-3-2-4-15(18)9-13/h2-6,9-10,16H,7-8,11H2,1H3. The summed E-state index contributed by atoms with van der Waals surface area (Å²) in [5.74, 6) is 0.0741. The van der Waals surface area contributed by atoms with Crippen molar-refractivity contribution in [1.82, 2.24) is 9.88 Å². The first kappa shape index (κ1) is 14.3. The Morgan fingerprint density at radius 2 is 2.14 bits per heavy atom. The third-order valence-electron chi connectivity index (χ3n) is 3.65. The van der Waals surface area contributed by atoms with E-state index in [1.54, 1.807) is 6.20 Å². The highest BCUT2D eigenvalue weighted by atomic mass is 79.9. The minimum atomic E-state index is 0.0741. The Morgan fingerprint density at radius 1 is 1.33 bits per heavy atom. The van der Waals surface area contributed by atoms with Gasteiger partial charge in [-0.3, -0.25) is 9.78 Å². The van der Waals surface area contributed by atoms with Crippen LogP contribution in [0.15, 0.2) is 47.1 Å². The average Bonchev–Trinajstić information content (AvgIpc) is 3.29. The van der Waals surface area contributed by atoms with Crippen LogP contribution in [-0.4, -0.2) is 21.8 Å². The molecule has 2 aromatic rings. The molecule has 1 aromatic heterocycles. The molecule has 3 rings (SSSR count). The Kier molecular flexibility index (Phi) is 4.06. The van der Waals surface area contributed by atoms with Crippen LogP contribution in [0.5, 0.6) is 0 Å². The van der Waals surface area contributed by atoms with E-state index >= 15 is 0 Å². The molecule has 0 spiro atoms. The topological polar surface area (TPSA) is 33.2 Å². The summed E-state index contributed by atoms with van der Waals surface area (Å²) in [4.78, 5) is 18.9. The Hall–Kier alpha value is -1.68. The monoisotopic (exact) mass is 344 g/mol. The summed E-state index contributed by atoms with van der Waals surface area (Å²) >= 11 is 3.48. The lowest BCUT2D eigenvalue weighted by Gasteiger charge is -2.22. The molecule has 0 saturated heterocycles. The molecular weight excluding hydrogens is 328 g/mol. The van der Waals surface area contributed by atoms with Crippen LogP contribution in [0.1, 0.15) is 34.5 Å². The zero-order chi connectivity index (χ0) is 14.8. The van der Waals surface area contributed by atoms with Gasteiger partial charge in [-0.25, -0.2) is 0 Å². The van der Waals surface area contributed by atoms with Gasteiger partial charge in [-0.2, -0.15) is 0 Å². The largest absolute Gasteiger partial charge is 0.331 e. The summed E-state index contributed by atoms with van der Waals surface area (Å²) in [5.41, 5.74) is 2.74. The molecule has 0 N–H and O–H groups in total. The van der Waals surface area contributed by atoms with Gasteiger partial charge < -0.3 is 4.90 Å². The lowest BCUT2D eigenvalue weighted by atomic mass is 10.1. The summed E-state index contributed by atoms with van der Waals surface area (Å²) in [5, 5.41) is 0. The molecule has 3 nitrogen and oxygen atoms in total. The fourth-order valence-electron chi connectivity index (χ4n) is 2.35. The fourth-order valence-corrected chi connectivity index (χ4v) is 2.79. The van der Waals surface area contributed by atoms with Gasteiger partial charge in [0.2, 0.25) is 0 Å². The number of nitrogens with zero attached hydrogens (tertiary/aromatic N) is 2. The van der Waals surface area contributed by atoms with E-state index < -0.39 is 0 Å². The van der Waals surface area contributed by atoms with Gasteiger partial charge in [-0.15, -0.1) is 0 Å². The average molecular weight is 345 g/mol. The number of hydrogen-bond donors (Lipinski definition) is 0. The molecule has 0 unspecified atom stereocenters. The van der Waals surface area contributed by atoms with Crippen LogP contribution in [0.2, 0.25) is 0 Å². The predicted molar refractivity (Wildman–Crippen MR) is 86.0 cm³/mol. The molecule has 1 fully saturated rings. The number of benzene rings is 1. The molecular formula is C17H17BrN2O. The van der Waals surface area contributed by atoms with Crippen molar-refractivity contribution >= 4 is 21.8 Å². The predicted octanol–water partition coefficient (Wildman–Crippen LogP) is 3.96. The quantitative estimate of drug-likeness (QED) is 0.840. The highest BCUT2D eigenvalue weighted by Gasteiger charge is 2.33. The number of carbonyl (C=O) groups is 1. The first-order valence-corrected chi connectivity index (χ1v) is 7.91. The maximum absolute atomic E-state index is 12.7. The van der Waals surface area contributed by atoms with Gasteiger partial charge in [0.05, 0.1) is 5.56 Å². The summed E-state index contributed by atoms with van der Waals surface area (Å²) in [6, 6.07) is 12.2. The van der Waals surface area contributed by atoms with Crippen LogP contribution >= 0.6 is 15.9 Å². The molecule has 4 heteroatoms. The van der Waals surface area contributed by atoms with Gasteiger partial charge in [0.15, 0.2) is 0 Å². The van der Waals surface area contributed by atoms with Gasteiger partial charge >= 0.3 is 0 Å². The first-order valence-electron chi connectivity index (χ1n) is 7.11. The first-order chi connectivity index (χ1) is 10.1. The third-order valence-corrected chi connectivity index (χ3v) is 4.14. The van der Waals surface area contributed by atoms with Crippen LogP contribution in [-0.2, 0) is 6.54 Å². The van der Waals surface area contributed by atoms with E-state index in [0.29, 0.717) is 18.2 Å². The van der Waals surface area contributed by atoms with Crippen molar-refractivity contribution in [3.8, 4) is 0 Å². The van der Waals surface area contributed by atoms with Crippen LogP contribution in [0.4, 0.5) is 0 Å². The number of halogens is 1. The summed E-state index contributed by atoms with van der Waals surface area (Å²) < 4.78 is 1.04. The van der Waals surface area contributed by atoms with E-state index in [2.05, 4.69) is 33.0 Å². The molecule has 0 radical (unpaired) electrons. The van der Waals surface area contributed by atoms with Gasteiger partial charge in [0.1, 0.15) is 0 Å². The van der Waals surface area contributed by atoms with Crippen molar-refractivity contribution in [3.63, 3.8) is 0 Å². The smallest absolute Gasteiger partial charge is 0.255 e. The van der Waals surface area contributed by atoms with Crippen LogP contribution in [0.3, 0.4) is 0 Å². The zero-order valence-corrected chi connectivity index (χ0v) is 13.5. The van der Waals surface area contributed by atoms with Crippen molar-refractivity contribution in [2.45, 2.75) is 32.4 Å². The highest BCUT2D eigenvalue weighted by Crippen LogP contribution is 2.30. The molecule has 0 atom stereocenters. The molecule has 1 aliphatic carbocycles. The van der Waals surface area contributed by atoms with Crippen LogP contribution in [0, 0.1) is 6.92 Å². The molecule has 0 aliphatic heterocycles. The molecule has 1 amide bonds. The molecule has 108 valence electrons. The van der Waals surface area contributed by atoms with Gasteiger partial charge in [-0.05, 0) is 49.6 Å². The van der Waals surface area contributed by atoms with Crippen molar-refractivity contribution in [2.75, 3.05) is 0 Å². The SMILES string of the molecule is Cc1ccc(C(=O)N(Cc2cccc(Br)c2)C2CC2)cn1. The summed E-state index contributed by atoms with van der Waals surface area (Å²) in [7, 11) is 0. The number of rotatable bonds is 4. The van der Waals surface area contributed by atoms with Crippen LogP contribution < -0.4 is 0 Å². The van der Waals surface area contributed by atoms with E-state index in [0.717, 1.165) is 28.6 Å². The van der Waals surface area contributed by atoms with Crippen LogP contribution in [0.25, 0.3) is 0 Å². The number of aromatic nitrogens is 1. The number of pyridine rings is 1. The van der Waals surface area contributed by atoms with Gasteiger partial charge in [0, 0.05) is 29.0 Å². The second kappa shape index (κ2) is 5.98. The lowest BCUT2D eigenvalue weighted by Crippen LogP contribution is -2.32. The molecule has 1 saturated carbocycles. The molecule has 21 heavy (non-hydrogen) atoms. The lowest BCUT2D eigenvalue weighted by molar-refractivity contribution is 0.0729. The minimum absolute atomic E-state index is 0.0741. The number of amides is 1. The Balaban J connectivity index is 1.81. The molecule has 1 heterocycles. The van der Waals surface area contributed by atoms with Crippen molar-refractivity contribution in [1.29, 1.82) is 0 Å². The maximum atomic E-state index is 12.7. The summed E-state index contributed by atoms with van der Waals surface area (Å²) in [6.07, 6.45) is 3.87. The second-order valence-electron chi connectivity index (χ2n) is 5.48. The molecule has 1 aliphatic rings. The number of hydrogen-bond acceptors (Lipinski definition) is 2. The Labute approximate surface area is 133 Å². The number of aryl methyl sites for hydroxylation is 1. The van der Waals surface area contributed by atoms with Crippen molar-refractivity contribution < 1.29 is 4.79 Å². The van der Waals surface area contributed by atoms with E-state index in [-0.39, 0.29) is 5.91 Å². The second-order valence-corrected chi connectivity index (χ2v) is 6.40. The normalized spacial score (nSPS) is 14.0. The fraction of sp³-hybridized carbons (Fsp3) is 0.294. The zero-order valence-electron chi connectivity index (χ0n) is 11.9. The number of carbonyl (C=O) groups excluding carboxylic acids is 1. The Bertz CT molecular complexity index is 650. The van der Waals surface area contributed by atoms with E-state index in [4.69, 9.17) is 0 Å². The van der Waals surface area contributed by atoms with Gasteiger partial charge in [-0.1, -0.05) is 28.1 Å².